The maximum absolute atomic E-state index is 12.5. The van der Waals surface area contributed by atoms with Crippen molar-refractivity contribution in [2.24, 2.45) is 5.92 Å². The molecule has 0 spiro atoms. The number of ether oxygens (including phenoxy) is 1. The van der Waals surface area contributed by atoms with Gasteiger partial charge in [-0.3, -0.25) is 9.69 Å². The lowest BCUT2D eigenvalue weighted by Gasteiger charge is -2.25. The number of hydrogen-bond donors (Lipinski definition) is 2. The standard InChI is InChI=1S/C19H26N4O3/c1-14(2)11-17(21-18(24)16-9-6-10-23(16)13-20)22-19(25)26-12-15-7-4-3-5-8-15/h3-5,7-8,14,16-17H,6,9-12H2,1-2H3,(H,21,24)(H,22,25)/t16-,17-/m1/s1. The molecular weight excluding hydrogens is 332 g/mol. The average Bonchev–Trinajstić information content (AvgIpc) is 3.09. The number of carbonyl (C=O) groups is 2. The molecule has 2 atom stereocenters. The molecule has 7 heteroatoms. The summed E-state index contributed by atoms with van der Waals surface area (Å²) in [4.78, 5) is 26.0. The topological polar surface area (TPSA) is 94.5 Å². The molecule has 1 aliphatic rings. The number of nitriles is 1. The number of carbonyl (C=O) groups excluding carboxylic acids is 2. The minimum atomic E-state index is -0.580. The van der Waals surface area contributed by atoms with E-state index in [0.29, 0.717) is 19.4 Å². The van der Waals surface area contributed by atoms with Gasteiger partial charge in [-0.2, -0.15) is 5.26 Å². The van der Waals surface area contributed by atoms with Crippen molar-refractivity contribution in [3.8, 4) is 6.19 Å². The molecule has 26 heavy (non-hydrogen) atoms. The molecule has 1 saturated heterocycles. The zero-order chi connectivity index (χ0) is 18.9. The molecule has 1 aromatic carbocycles. The highest BCUT2D eigenvalue weighted by Gasteiger charge is 2.31. The molecule has 0 saturated carbocycles. The third-order valence-corrected chi connectivity index (χ3v) is 4.21. The van der Waals surface area contributed by atoms with Crippen LogP contribution >= 0.6 is 0 Å². The van der Waals surface area contributed by atoms with Crippen LogP contribution in [0.15, 0.2) is 30.3 Å². The van der Waals surface area contributed by atoms with Crippen molar-refractivity contribution in [2.75, 3.05) is 6.54 Å². The van der Waals surface area contributed by atoms with Crippen LogP contribution in [0.5, 0.6) is 0 Å². The van der Waals surface area contributed by atoms with Crippen molar-refractivity contribution in [3.63, 3.8) is 0 Å². The first kappa shape index (κ1) is 19.6. The third kappa shape index (κ3) is 5.96. The van der Waals surface area contributed by atoms with Crippen molar-refractivity contribution in [1.29, 1.82) is 5.26 Å². The predicted molar refractivity (Wildman–Crippen MR) is 96.5 cm³/mol. The van der Waals surface area contributed by atoms with Crippen LogP contribution in [0.25, 0.3) is 0 Å². The van der Waals surface area contributed by atoms with E-state index in [4.69, 9.17) is 10.00 Å². The van der Waals surface area contributed by atoms with Crippen LogP contribution in [0.4, 0.5) is 4.79 Å². The fourth-order valence-corrected chi connectivity index (χ4v) is 2.96. The van der Waals surface area contributed by atoms with E-state index in [-0.39, 0.29) is 18.4 Å². The number of benzene rings is 1. The van der Waals surface area contributed by atoms with E-state index in [1.165, 1.54) is 4.90 Å². The predicted octanol–water partition coefficient (Wildman–Crippen LogP) is 2.35. The van der Waals surface area contributed by atoms with E-state index in [9.17, 15) is 9.59 Å². The number of amides is 2. The van der Waals surface area contributed by atoms with Gasteiger partial charge in [0, 0.05) is 6.54 Å². The van der Waals surface area contributed by atoms with Gasteiger partial charge in [0.15, 0.2) is 6.19 Å². The fraction of sp³-hybridized carbons (Fsp3) is 0.526. The average molecular weight is 358 g/mol. The van der Waals surface area contributed by atoms with Crippen molar-refractivity contribution < 1.29 is 14.3 Å². The quantitative estimate of drug-likeness (QED) is 0.576. The van der Waals surface area contributed by atoms with E-state index in [1.807, 2.05) is 50.4 Å². The van der Waals surface area contributed by atoms with Crippen LogP contribution in [-0.2, 0) is 16.1 Å². The molecule has 0 aromatic heterocycles. The van der Waals surface area contributed by atoms with E-state index in [0.717, 1.165) is 12.0 Å². The van der Waals surface area contributed by atoms with Gasteiger partial charge in [0.05, 0.1) is 0 Å². The van der Waals surface area contributed by atoms with Gasteiger partial charge in [-0.15, -0.1) is 0 Å². The smallest absolute Gasteiger partial charge is 0.409 e. The summed E-state index contributed by atoms with van der Waals surface area (Å²) in [6, 6.07) is 8.93. The van der Waals surface area contributed by atoms with Crippen LogP contribution in [0.2, 0.25) is 0 Å². The first-order valence-electron chi connectivity index (χ1n) is 8.93. The Morgan fingerprint density at radius 2 is 2.04 bits per heavy atom. The van der Waals surface area contributed by atoms with Gasteiger partial charge < -0.3 is 15.4 Å². The van der Waals surface area contributed by atoms with Crippen molar-refractivity contribution in [3.05, 3.63) is 35.9 Å². The highest BCUT2D eigenvalue weighted by molar-refractivity contribution is 5.83. The first-order valence-corrected chi connectivity index (χ1v) is 8.93. The number of rotatable bonds is 7. The highest BCUT2D eigenvalue weighted by atomic mass is 16.5. The number of hydrogen-bond acceptors (Lipinski definition) is 5. The van der Waals surface area contributed by atoms with Gasteiger partial charge in [0.2, 0.25) is 5.91 Å². The summed E-state index contributed by atoms with van der Waals surface area (Å²) in [5.41, 5.74) is 0.891. The van der Waals surface area contributed by atoms with Gasteiger partial charge in [0.1, 0.15) is 18.8 Å². The van der Waals surface area contributed by atoms with Crippen molar-refractivity contribution >= 4 is 12.0 Å². The Morgan fingerprint density at radius 1 is 1.31 bits per heavy atom. The summed E-state index contributed by atoms with van der Waals surface area (Å²) >= 11 is 0. The monoisotopic (exact) mass is 358 g/mol. The molecule has 2 N–H and O–H groups in total. The lowest BCUT2D eigenvalue weighted by molar-refractivity contribution is -0.125. The number of alkyl carbamates (subject to hydrolysis) is 1. The molecular formula is C19H26N4O3. The van der Waals surface area contributed by atoms with Crippen LogP contribution < -0.4 is 10.6 Å². The van der Waals surface area contributed by atoms with E-state index in [1.54, 1.807) is 0 Å². The second-order valence-corrected chi connectivity index (χ2v) is 6.85. The molecule has 1 fully saturated rings. The van der Waals surface area contributed by atoms with Gasteiger partial charge >= 0.3 is 6.09 Å². The molecule has 0 aliphatic carbocycles. The summed E-state index contributed by atoms with van der Waals surface area (Å²) in [6.07, 6.45) is 2.97. The molecule has 140 valence electrons. The zero-order valence-corrected chi connectivity index (χ0v) is 15.3. The van der Waals surface area contributed by atoms with Gasteiger partial charge in [-0.25, -0.2) is 4.79 Å². The Balaban J connectivity index is 1.88. The summed E-state index contributed by atoms with van der Waals surface area (Å²) in [7, 11) is 0. The molecule has 1 aliphatic heterocycles. The molecule has 0 unspecified atom stereocenters. The van der Waals surface area contributed by atoms with Gasteiger partial charge in [0.25, 0.3) is 0 Å². The van der Waals surface area contributed by atoms with E-state index in [2.05, 4.69) is 10.6 Å². The third-order valence-electron chi connectivity index (χ3n) is 4.21. The number of nitrogens with one attached hydrogen (secondary N) is 2. The van der Waals surface area contributed by atoms with Crippen LogP contribution in [0.1, 0.15) is 38.7 Å². The molecule has 0 bridgehead atoms. The molecule has 1 aromatic rings. The molecule has 7 nitrogen and oxygen atoms in total. The lowest BCUT2D eigenvalue weighted by atomic mass is 10.1. The maximum Gasteiger partial charge on any atom is 0.409 e. The minimum absolute atomic E-state index is 0.167. The lowest BCUT2D eigenvalue weighted by Crippen LogP contribution is -2.53. The Morgan fingerprint density at radius 3 is 2.69 bits per heavy atom. The van der Waals surface area contributed by atoms with Crippen LogP contribution in [0, 0.1) is 17.4 Å². The second-order valence-electron chi connectivity index (χ2n) is 6.85. The summed E-state index contributed by atoms with van der Waals surface area (Å²) < 4.78 is 5.23. The second kappa shape index (κ2) is 9.66. The Hall–Kier alpha value is -2.75. The normalized spacial score (nSPS) is 17.5. The molecule has 2 amide bonds. The SMILES string of the molecule is CC(C)C[C@@H](NC(=O)OCc1ccccc1)NC(=O)[C@H]1CCCN1C#N. The van der Waals surface area contributed by atoms with Crippen molar-refractivity contribution in [2.45, 2.75) is 51.9 Å². The largest absolute Gasteiger partial charge is 0.445 e. The van der Waals surface area contributed by atoms with Crippen LogP contribution in [0.3, 0.4) is 0 Å². The summed E-state index contributed by atoms with van der Waals surface area (Å²) in [5, 5.41) is 14.6. The maximum atomic E-state index is 12.5. The van der Waals surface area contributed by atoms with Crippen molar-refractivity contribution in [1.82, 2.24) is 15.5 Å². The zero-order valence-electron chi connectivity index (χ0n) is 15.3. The summed E-state index contributed by atoms with van der Waals surface area (Å²) in [6.45, 7) is 4.77. The molecule has 2 rings (SSSR count). The van der Waals surface area contributed by atoms with E-state index >= 15 is 0 Å². The first-order chi connectivity index (χ1) is 12.5. The fourth-order valence-electron chi connectivity index (χ4n) is 2.96. The number of nitrogens with zero attached hydrogens (tertiary/aromatic N) is 2. The van der Waals surface area contributed by atoms with Gasteiger partial charge in [-0.05, 0) is 30.7 Å². The van der Waals surface area contributed by atoms with E-state index < -0.39 is 18.3 Å². The minimum Gasteiger partial charge on any atom is -0.445 e. The Bertz CT molecular complexity index is 642. The Labute approximate surface area is 154 Å². The number of likely N-dealkylation sites (tertiary alicyclic amines) is 1. The Kier molecular flexibility index (Phi) is 7.27. The highest BCUT2D eigenvalue weighted by Crippen LogP contribution is 2.16. The molecule has 1 heterocycles. The molecule has 0 radical (unpaired) electrons. The van der Waals surface area contributed by atoms with Gasteiger partial charge in [-0.1, -0.05) is 44.2 Å². The van der Waals surface area contributed by atoms with Crippen LogP contribution in [-0.4, -0.2) is 35.7 Å². The summed E-state index contributed by atoms with van der Waals surface area (Å²) in [5.74, 6) is 0.0310.